The molecule has 0 heterocycles. The maximum atomic E-state index is 6.23. The van der Waals surface area contributed by atoms with Crippen molar-refractivity contribution in [3.8, 4) is 0 Å². The van der Waals surface area contributed by atoms with Gasteiger partial charge in [0.15, 0.2) is 11.4 Å². The summed E-state index contributed by atoms with van der Waals surface area (Å²) in [4.78, 5) is 0. The number of hydrogen-bond acceptors (Lipinski definition) is 4. The molecule has 0 aliphatic heterocycles. The molecule has 2 atom stereocenters. The molecular formula is C22H46N2O2. The summed E-state index contributed by atoms with van der Waals surface area (Å²) in [5.74, 6) is 0.955. The van der Waals surface area contributed by atoms with E-state index in [2.05, 4.69) is 69.2 Å². The van der Waals surface area contributed by atoms with E-state index in [0.29, 0.717) is 25.0 Å². The maximum Gasteiger partial charge on any atom is 0.176 e. The summed E-state index contributed by atoms with van der Waals surface area (Å²) >= 11 is 0. The van der Waals surface area contributed by atoms with Gasteiger partial charge in [-0.15, -0.1) is 0 Å². The smallest absolute Gasteiger partial charge is 0.176 e. The van der Waals surface area contributed by atoms with Gasteiger partial charge >= 0.3 is 0 Å². The van der Waals surface area contributed by atoms with Crippen molar-refractivity contribution in [2.75, 3.05) is 13.2 Å². The third-order valence-electron chi connectivity index (χ3n) is 3.68. The molecule has 0 aromatic carbocycles. The summed E-state index contributed by atoms with van der Waals surface area (Å²) in [7, 11) is 0. The van der Waals surface area contributed by atoms with Gasteiger partial charge in [0.1, 0.15) is 0 Å². The summed E-state index contributed by atoms with van der Waals surface area (Å²) < 4.78 is 12.5. The molecule has 0 saturated heterocycles. The zero-order chi connectivity index (χ0) is 20.8. The van der Waals surface area contributed by atoms with Crippen molar-refractivity contribution in [1.29, 1.82) is 0 Å². The molecule has 0 bridgehead atoms. The van der Waals surface area contributed by atoms with Crippen LogP contribution >= 0.6 is 0 Å². The number of nitrogens with zero attached hydrogens (tertiary/aromatic N) is 2. The lowest BCUT2D eigenvalue weighted by Gasteiger charge is -2.33. The van der Waals surface area contributed by atoms with Crippen molar-refractivity contribution in [2.24, 2.45) is 32.9 Å². The lowest BCUT2D eigenvalue weighted by molar-refractivity contribution is -0.0971. The van der Waals surface area contributed by atoms with E-state index in [4.69, 9.17) is 19.7 Å². The quantitative estimate of drug-likeness (QED) is 0.385. The molecule has 0 saturated carbocycles. The van der Waals surface area contributed by atoms with E-state index >= 15 is 0 Å². The number of ether oxygens (including phenoxy) is 2. The topological polar surface area (TPSA) is 43.2 Å². The van der Waals surface area contributed by atoms with Gasteiger partial charge in [-0.05, 0) is 36.5 Å². The summed E-state index contributed by atoms with van der Waals surface area (Å²) in [5, 5.41) is 9.40. The van der Waals surface area contributed by atoms with Gasteiger partial charge in [-0.25, -0.2) is 0 Å². The molecule has 2 unspecified atom stereocenters. The van der Waals surface area contributed by atoms with Crippen LogP contribution in [-0.2, 0) is 9.47 Å². The molecular weight excluding hydrogens is 324 g/mol. The second kappa shape index (κ2) is 9.64. The van der Waals surface area contributed by atoms with E-state index < -0.39 is 11.4 Å². The van der Waals surface area contributed by atoms with E-state index in [0.717, 1.165) is 12.8 Å². The highest BCUT2D eigenvalue weighted by Gasteiger charge is 2.33. The first-order valence-electron chi connectivity index (χ1n) is 10.2. The van der Waals surface area contributed by atoms with Gasteiger partial charge in [0.2, 0.25) is 0 Å². The van der Waals surface area contributed by atoms with Crippen LogP contribution in [0.4, 0.5) is 0 Å². The van der Waals surface area contributed by atoms with Crippen LogP contribution in [0.15, 0.2) is 10.2 Å². The van der Waals surface area contributed by atoms with E-state index in [1.165, 1.54) is 0 Å². The maximum absolute atomic E-state index is 6.23. The van der Waals surface area contributed by atoms with Crippen LogP contribution in [0.2, 0.25) is 0 Å². The Morgan fingerprint density at radius 3 is 1.04 bits per heavy atom. The fraction of sp³-hybridized carbons (Fsp3) is 1.00. The first-order chi connectivity index (χ1) is 11.5. The van der Waals surface area contributed by atoms with Gasteiger partial charge in [0.05, 0.1) is 13.2 Å². The predicted molar refractivity (Wildman–Crippen MR) is 111 cm³/mol. The van der Waals surface area contributed by atoms with Crippen LogP contribution in [0, 0.1) is 22.7 Å². The highest BCUT2D eigenvalue weighted by molar-refractivity contribution is 4.79. The summed E-state index contributed by atoms with van der Waals surface area (Å²) in [6, 6.07) is 0. The number of azo groups is 1. The molecule has 0 aromatic rings. The highest BCUT2D eigenvalue weighted by Crippen LogP contribution is 2.31. The normalized spacial score (nSPS) is 18.5. The first kappa shape index (κ1) is 25.5. The minimum atomic E-state index is -0.620. The zero-order valence-electron chi connectivity index (χ0n) is 19.7. The van der Waals surface area contributed by atoms with Gasteiger partial charge in [0, 0.05) is 12.8 Å². The summed E-state index contributed by atoms with van der Waals surface area (Å²) in [6.45, 7) is 27.2. The van der Waals surface area contributed by atoms with Crippen molar-refractivity contribution in [3.05, 3.63) is 0 Å². The zero-order valence-corrected chi connectivity index (χ0v) is 19.7. The Bertz CT molecular complexity index is 392. The molecule has 0 aliphatic carbocycles. The molecule has 0 fully saturated rings. The molecule has 0 rings (SSSR count). The van der Waals surface area contributed by atoms with Crippen molar-refractivity contribution in [2.45, 2.75) is 107 Å². The molecule has 0 amide bonds. The Kier molecular flexibility index (Phi) is 9.46. The highest BCUT2D eigenvalue weighted by atomic mass is 16.5. The number of rotatable bonds is 10. The molecule has 4 heteroatoms. The summed E-state index contributed by atoms with van der Waals surface area (Å²) in [5.41, 5.74) is -1.05. The minimum absolute atomic E-state index is 0.0950. The molecule has 26 heavy (non-hydrogen) atoms. The van der Waals surface area contributed by atoms with Crippen molar-refractivity contribution in [1.82, 2.24) is 0 Å². The Labute approximate surface area is 163 Å². The molecule has 0 aromatic heterocycles. The number of hydrogen-bond donors (Lipinski definition) is 0. The van der Waals surface area contributed by atoms with Crippen molar-refractivity contribution < 1.29 is 9.47 Å². The molecule has 0 radical (unpaired) electrons. The fourth-order valence-corrected chi connectivity index (χ4v) is 2.73. The molecule has 0 spiro atoms. The van der Waals surface area contributed by atoms with E-state index in [1.807, 2.05) is 13.8 Å². The van der Waals surface area contributed by atoms with Crippen LogP contribution in [0.25, 0.3) is 0 Å². The lowest BCUT2D eigenvalue weighted by atomic mass is 9.97. The van der Waals surface area contributed by atoms with Crippen LogP contribution in [-0.4, -0.2) is 24.7 Å². The Morgan fingerprint density at radius 1 is 0.577 bits per heavy atom. The SMILES string of the molecule is CC(C)CC(C)(N=NC(C)(CC(C)C)OCC(C)(C)C)OCC(C)(C)C. The monoisotopic (exact) mass is 370 g/mol. The largest absolute Gasteiger partial charge is 0.352 e. The third-order valence-corrected chi connectivity index (χ3v) is 3.68. The molecule has 4 nitrogen and oxygen atoms in total. The standard InChI is InChI=1S/C22H46N2O2/c1-17(2)13-21(11,25-15-19(5,6)7)23-24-22(12,14-18(3)4)26-16-20(8,9)10/h17-18H,13-16H2,1-12H3. The van der Waals surface area contributed by atoms with Crippen LogP contribution in [0.1, 0.15) is 95.9 Å². The van der Waals surface area contributed by atoms with Crippen LogP contribution < -0.4 is 0 Å². The second-order valence-corrected chi connectivity index (χ2v) is 11.4. The van der Waals surface area contributed by atoms with E-state index in [-0.39, 0.29) is 10.8 Å². The van der Waals surface area contributed by atoms with Crippen LogP contribution in [0.3, 0.4) is 0 Å². The average molecular weight is 371 g/mol. The Hall–Kier alpha value is -0.480. The molecule has 0 aliphatic rings. The van der Waals surface area contributed by atoms with Crippen LogP contribution in [0.5, 0.6) is 0 Å². The predicted octanol–water partition coefficient (Wildman–Crippen LogP) is 7.09. The van der Waals surface area contributed by atoms with Crippen molar-refractivity contribution >= 4 is 0 Å². The van der Waals surface area contributed by atoms with E-state index in [1.54, 1.807) is 0 Å². The van der Waals surface area contributed by atoms with Gasteiger partial charge in [-0.3, -0.25) is 0 Å². The Balaban J connectivity index is 5.42. The van der Waals surface area contributed by atoms with Gasteiger partial charge < -0.3 is 9.47 Å². The fourth-order valence-electron chi connectivity index (χ4n) is 2.73. The summed E-state index contributed by atoms with van der Waals surface area (Å²) in [6.07, 6.45) is 1.67. The second-order valence-electron chi connectivity index (χ2n) is 11.4. The first-order valence-corrected chi connectivity index (χ1v) is 10.2. The average Bonchev–Trinajstić information content (AvgIpc) is 2.39. The van der Waals surface area contributed by atoms with Gasteiger partial charge in [-0.1, -0.05) is 69.2 Å². The molecule has 0 N–H and O–H groups in total. The van der Waals surface area contributed by atoms with Gasteiger partial charge in [-0.2, -0.15) is 10.2 Å². The molecule has 156 valence electrons. The van der Waals surface area contributed by atoms with Gasteiger partial charge in [0.25, 0.3) is 0 Å². The third kappa shape index (κ3) is 12.8. The Morgan fingerprint density at radius 2 is 0.846 bits per heavy atom. The minimum Gasteiger partial charge on any atom is -0.352 e. The van der Waals surface area contributed by atoms with E-state index in [9.17, 15) is 0 Å². The van der Waals surface area contributed by atoms with Crippen molar-refractivity contribution in [3.63, 3.8) is 0 Å². The lowest BCUT2D eigenvalue weighted by Crippen LogP contribution is -2.35.